The number of carbonyl (C=O) groups is 1. The lowest BCUT2D eigenvalue weighted by atomic mass is 9.97. The van der Waals surface area contributed by atoms with Crippen LogP contribution in [-0.2, 0) is 4.74 Å². The minimum absolute atomic E-state index is 0.0174. The fourth-order valence-corrected chi connectivity index (χ4v) is 2.70. The molecule has 2 rings (SSSR count). The van der Waals surface area contributed by atoms with Gasteiger partial charge in [-0.15, -0.1) is 0 Å². The highest BCUT2D eigenvalue weighted by Gasteiger charge is 2.26. The third kappa shape index (κ3) is 5.53. The number of piperidine rings is 1. The van der Waals surface area contributed by atoms with Crippen molar-refractivity contribution in [3.63, 3.8) is 0 Å². The molecule has 1 aliphatic rings. The van der Waals surface area contributed by atoms with Crippen LogP contribution in [0, 0.1) is 11.7 Å². The number of azide groups is 1. The molecule has 1 aromatic rings. The topological polar surface area (TPSA) is 90.3 Å². The Bertz CT molecular complexity index is 659. The van der Waals surface area contributed by atoms with Gasteiger partial charge in [-0.1, -0.05) is 11.2 Å². The van der Waals surface area contributed by atoms with Crippen LogP contribution in [0.1, 0.15) is 33.6 Å². The summed E-state index contributed by atoms with van der Waals surface area (Å²) in [5.74, 6) is -0.205. The molecule has 0 unspecified atom stereocenters. The molecule has 0 atom stereocenters. The number of likely N-dealkylation sites (tertiary alicyclic amines) is 1. The Hall–Kier alpha value is -2.47. The number of rotatable bonds is 4. The molecule has 0 spiro atoms. The zero-order valence-electron chi connectivity index (χ0n) is 14.8. The summed E-state index contributed by atoms with van der Waals surface area (Å²) < 4.78 is 19.1. The van der Waals surface area contributed by atoms with Gasteiger partial charge in [-0.3, -0.25) is 0 Å². The van der Waals surface area contributed by atoms with Crippen molar-refractivity contribution in [2.45, 2.75) is 39.2 Å². The summed E-state index contributed by atoms with van der Waals surface area (Å²) in [6.07, 6.45) is 1.38. The summed E-state index contributed by atoms with van der Waals surface area (Å²) in [5, 5.41) is 6.56. The number of hydrogen-bond donors (Lipinski definition) is 1. The van der Waals surface area contributed by atoms with Crippen LogP contribution in [-0.4, -0.2) is 36.2 Å². The number of nitrogens with zero attached hydrogens (tertiary/aromatic N) is 4. The molecule has 7 nitrogen and oxygen atoms in total. The number of carbonyl (C=O) groups excluding carboxylic acids is 1. The summed E-state index contributed by atoms with van der Waals surface area (Å²) in [5.41, 5.74) is 8.53. The van der Waals surface area contributed by atoms with Crippen molar-refractivity contribution in [3.05, 3.63) is 34.5 Å². The van der Waals surface area contributed by atoms with E-state index in [-0.39, 0.29) is 11.8 Å². The van der Waals surface area contributed by atoms with E-state index in [9.17, 15) is 9.18 Å². The van der Waals surface area contributed by atoms with Crippen LogP contribution in [0.2, 0.25) is 0 Å². The molecule has 25 heavy (non-hydrogen) atoms. The highest BCUT2D eigenvalue weighted by atomic mass is 19.1. The first-order valence-electron chi connectivity index (χ1n) is 8.35. The summed E-state index contributed by atoms with van der Waals surface area (Å²) in [6, 6.07) is 4.51. The summed E-state index contributed by atoms with van der Waals surface area (Å²) >= 11 is 0. The van der Waals surface area contributed by atoms with E-state index in [0.29, 0.717) is 31.2 Å². The number of amides is 1. The van der Waals surface area contributed by atoms with Crippen LogP contribution < -0.4 is 5.32 Å². The third-order valence-electron chi connectivity index (χ3n) is 3.98. The van der Waals surface area contributed by atoms with Crippen LogP contribution in [0.4, 0.5) is 20.6 Å². The van der Waals surface area contributed by atoms with E-state index in [2.05, 4.69) is 15.3 Å². The zero-order valence-corrected chi connectivity index (χ0v) is 14.8. The molecule has 0 saturated carbocycles. The first kappa shape index (κ1) is 18.9. The Labute approximate surface area is 146 Å². The molecular formula is C17H24FN5O2. The number of halogens is 1. The minimum atomic E-state index is -0.553. The van der Waals surface area contributed by atoms with Gasteiger partial charge in [0.25, 0.3) is 0 Å². The number of hydrogen-bond acceptors (Lipinski definition) is 4. The SMILES string of the molecule is CC(C)(C)OC(=O)N1CCC(CNc2cccc(F)c2N=[N+]=[N-])CC1. The van der Waals surface area contributed by atoms with Gasteiger partial charge in [0.05, 0.1) is 5.69 Å². The first-order chi connectivity index (χ1) is 11.8. The minimum Gasteiger partial charge on any atom is -0.444 e. The molecule has 0 bridgehead atoms. The van der Waals surface area contributed by atoms with Crippen LogP contribution in [0.25, 0.3) is 10.4 Å². The van der Waals surface area contributed by atoms with Crippen molar-refractivity contribution in [1.29, 1.82) is 0 Å². The second kappa shape index (κ2) is 8.07. The van der Waals surface area contributed by atoms with Gasteiger partial charge in [0.15, 0.2) is 0 Å². The quantitative estimate of drug-likeness (QED) is 0.479. The average molecular weight is 349 g/mol. The molecule has 0 aliphatic carbocycles. The largest absolute Gasteiger partial charge is 0.444 e. The van der Waals surface area contributed by atoms with Gasteiger partial charge in [-0.25, -0.2) is 9.18 Å². The second-order valence-electron chi connectivity index (χ2n) is 7.12. The normalized spacial score (nSPS) is 15.4. The van der Waals surface area contributed by atoms with E-state index in [1.807, 2.05) is 20.8 Å². The van der Waals surface area contributed by atoms with Crippen molar-refractivity contribution in [2.75, 3.05) is 25.0 Å². The monoisotopic (exact) mass is 349 g/mol. The predicted molar refractivity (Wildman–Crippen MR) is 94.2 cm³/mol. The van der Waals surface area contributed by atoms with Crippen molar-refractivity contribution >= 4 is 17.5 Å². The van der Waals surface area contributed by atoms with Crippen LogP contribution in [0.3, 0.4) is 0 Å². The van der Waals surface area contributed by atoms with Gasteiger partial charge in [0.1, 0.15) is 11.4 Å². The lowest BCUT2D eigenvalue weighted by Gasteiger charge is -2.33. The number of ether oxygens (including phenoxy) is 1. The highest BCUT2D eigenvalue weighted by molar-refractivity contribution is 5.68. The Kier molecular flexibility index (Phi) is 6.09. The van der Waals surface area contributed by atoms with Gasteiger partial charge >= 0.3 is 6.09 Å². The molecule has 1 amide bonds. The van der Waals surface area contributed by atoms with Crippen molar-refractivity contribution < 1.29 is 13.9 Å². The molecule has 136 valence electrons. The smallest absolute Gasteiger partial charge is 0.410 e. The van der Waals surface area contributed by atoms with E-state index in [0.717, 1.165) is 12.8 Å². The average Bonchev–Trinajstić information content (AvgIpc) is 2.54. The standard InChI is InChI=1S/C17H24FN5O2/c1-17(2,3)25-16(24)23-9-7-12(8-10-23)11-20-14-6-4-5-13(18)15(14)21-22-19/h4-6,12,20H,7-11H2,1-3H3. The number of benzene rings is 1. The van der Waals surface area contributed by atoms with E-state index in [1.54, 1.807) is 17.0 Å². The summed E-state index contributed by atoms with van der Waals surface area (Å²) in [4.78, 5) is 16.4. The van der Waals surface area contributed by atoms with Crippen LogP contribution in [0.15, 0.2) is 23.3 Å². The van der Waals surface area contributed by atoms with E-state index < -0.39 is 11.4 Å². The summed E-state index contributed by atoms with van der Waals surface area (Å²) in [6.45, 7) is 7.44. The molecule has 0 aromatic heterocycles. The number of nitrogens with one attached hydrogen (secondary N) is 1. The third-order valence-corrected chi connectivity index (χ3v) is 3.98. The van der Waals surface area contributed by atoms with Gasteiger partial charge < -0.3 is 15.0 Å². The molecule has 1 N–H and O–H groups in total. The van der Waals surface area contributed by atoms with Gasteiger partial charge in [0, 0.05) is 30.2 Å². The second-order valence-corrected chi connectivity index (χ2v) is 7.12. The fraction of sp³-hybridized carbons (Fsp3) is 0.588. The molecular weight excluding hydrogens is 325 g/mol. The molecule has 1 aliphatic heterocycles. The molecule has 0 radical (unpaired) electrons. The highest BCUT2D eigenvalue weighted by Crippen LogP contribution is 2.29. The number of anilines is 1. The van der Waals surface area contributed by atoms with Gasteiger partial charge in [0.2, 0.25) is 0 Å². The molecule has 1 fully saturated rings. The molecule has 1 heterocycles. The van der Waals surface area contributed by atoms with E-state index in [1.165, 1.54) is 6.07 Å². The van der Waals surface area contributed by atoms with Crippen LogP contribution in [0.5, 0.6) is 0 Å². The first-order valence-corrected chi connectivity index (χ1v) is 8.35. The van der Waals surface area contributed by atoms with Crippen molar-refractivity contribution in [3.8, 4) is 0 Å². The maximum atomic E-state index is 13.7. The Balaban J connectivity index is 1.86. The van der Waals surface area contributed by atoms with Crippen molar-refractivity contribution in [1.82, 2.24) is 4.90 Å². The van der Waals surface area contributed by atoms with Gasteiger partial charge in [-0.05, 0) is 57.2 Å². The van der Waals surface area contributed by atoms with E-state index >= 15 is 0 Å². The molecule has 1 aromatic carbocycles. The lowest BCUT2D eigenvalue weighted by molar-refractivity contribution is 0.0188. The molecule has 1 saturated heterocycles. The van der Waals surface area contributed by atoms with Crippen molar-refractivity contribution in [2.24, 2.45) is 11.0 Å². The van der Waals surface area contributed by atoms with E-state index in [4.69, 9.17) is 10.3 Å². The zero-order chi connectivity index (χ0) is 18.4. The molecule has 8 heteroatoms. The summed E-state index contributed by atoms with van der Waals surface area (Å²) in [7, 11) is 0. The van der Waals surface area contributed by atoms with Gasteiger partial charge in [-0.2, -0.15) is 0 Å². The maximum Gasteiger partial charge on any atom is 0.410 e. The van der Waals surface area contributed by atoms with Crippen LogP contribution >= 0.6 is 0 Å². The lowest BCUT2D eigenvalue weighted by Crippen LogP contribution is -2.42. The fourth-order valence-electron chi connectivity index (χ4n) is 2.70. The Morgan fingerprint density at radius 1 is 1.44 bits per heavy atom. The Morgan fingerprint density at radius 3 is 2.72 bits per heavy atom. The Morgan fingerprint density at radius 2 is 2.12 bits per heavy atom. The maximum absolute atomic E-state index is 13.7. The predicted octanol–water partition coefficient (Wildman–Crippen LogP) is 4.83.